The lowest BCUT2D eigenvalue weighted by atomic mass is 9.96. The van der Waals surface area contributed by atoms with E-state index in [2.05, 4.69) is 21.1 Å². The van der Waals surface area contributed by atoms with E-state index in [0.717, 1.165) is 25.7 Å². The normalized spacial score (nSPS) is 15.2. The van der Waals surface area contributed by atoms with E-state index in [1.165, 1.54) is 24.6 Å². The van der Waals surface area contributed by atoms with Crippen LogP contribution in [0, 0.1) is 12.3 Å². The van der Waals surface area contributed by atoms with Crippen LogP contribution in [0.15, 0.2) is 41.4 Å². The van der Waals surface area contributed by atoms with Gasteiger partial charge in [-0.1, -0.05) is 31.2 Å². The number of hydrogen-bond donors (Lipinski definition) is 2. The summed E-state index contributed by atoms with van der Waals surface area (Å²) in [4.78, 5) is 12.6. The first-order valence-corrected chi connectivity index (χ1v) is 10.4. The van der Waals surface area contributed by atoms with Gasteiger partial charge in [-0.05, 0) is 31.0 Å². The zero-order valence-electron chi connectivity index (χ0n) is 14.9. The van der Waals surface area contributed by atoms with Gasteiger partial charge in [0.2, 0.25) is 10.0 Å². The minimum Gasteiger partial charge on any atom is -0.307 e. The second-order valence-electron chi connectivity index (χ2n) is 6.46. The Kier molecular flexibility index (Phi) is 5.94. The topological polar surface area (TPSA) is 93.1 Å². The minimum atomic E-state index is -3.76. The second-order valence-corrected chi connectivity index (χ2v) is 8.23. The molecule has 0 radical (unpaired) electrons. The molecule has 0 saturated heterocycles. The zero-order chi connectivity index (χ0) is 19.3. The zero-order valence-corrected chi connectivity index (χ0v) is 15.7. The van der Waals surface area contributed by atoms with Gasteiger partial charge in [-0.3, -0.25) is 4.79 Å². The highest BCUT2D eigenvalue weighted by atomic mass is 32.2. The Bertz CT molecular complexity index is 953. The summed E-state index contributed by atoms with van der Waals surface area (Å²) in [5, 5.41) is 7.19. The van der Waals surface area contributed by atoms with Crippen molar-refractivity contribution in [1.82, 2.24) is 14.5 Å². The van der Waals surface area contributed by atoms with Crippen LogP contribution in [0.5, 0.6) is 0 Å². The molecular weight excluding hydrogens is 364 g/mol. The van der Waals surface area contributed by atoms with Crippen LogP contribution in [-0.2, 0) is 10.0 Å². The highest BCUT2D eigenvalue weighted by Crippen LogP contribution is 2.30. The summed E-state index contributed by atoms with van der Waals surface area (Å²) in [5.74, 6) is 2.45. The number of amides is 1. The van der Waals surface area contributed by atoms with Crippen LogP contribution in [0.2, 0.25) is 0 Å². The lowest BCUT2D eigenvalue weighted by Gasteiger charge is -2.23. The Hall–Kier alpha value is -2.63. The number of hydrogen-bond acceptors (Lipinski definition) is 4. The van der Waals surface area contributed by atoms with Crippen molar-refractivity contribution in [3.8, 4) is 12.3 Å². The molecule has 0 unspecified atom stereocenters. The van der Waals surface area contributed by atoms with Crippen molar-refractivity contribution in [3.63, 3.8) is 0 Å². The van der Waals surface area contributed by atoms with E-state index in [0.29, 0.717) is 5.82 Å². The smallest absolute Gasteiger partial charge is 0.256 e. The standard InChI is InChI=1S/C19H22N4O3S/c1-2-12-21-27(25,26)17-10-6-7-15(14-17)19(24)22-18-11-13-20-23(18)16-8-4-3-5-9-16/h1,6-7,10-11,13-14,16,21H,3-5,8-9,12H2,(H,22,24). The fourth-order valence-electron chi connectivity index (χ4n) is 3.24. The SMILES string of the molecule is C#CCNS(=O)(=O)c1cccc(C(=O)Nc2ccnn2C2CCCCC2)c1. The number of carbonyl (C=O) groups is 1. The number of carbonyl (C=O) groups excluding carboxylic acids is 1. The Morgan fingerprint density at radius 2 is 2.04 bits per heavy atom. The first-order chi connectivity index (χ1) is 13.0. The summed E-state index contributed by atoms with van der Waals surface area (Å²) in [6.07, 6.45) is 12.4. The van der Waals surface area contributed by atoms with Gasteiger partial charge in [-0.15, -0.1) is 6.42 Å². The molecule has 2 aromatic rings. The minimum absolute atomic E-state index is 0.00816. The lowest BCUT2D eigenvalue weighted by Crippen LogP contribution is -2.24. The number of benzene rings is 1. The van der Waals surface area contributed by atoms with Crippen molar-refractivity contribution in [2.45, 2.75) is 43.0 Å². The third kappa shape index (κ3) is 4.56. The molecule has 0 spiro atoms. The lowest BCUT2D eigenvalue weighted by molar-refractivity contribution is 0.102. The van der Waals surface area contributed by atoms with Crippen LogP contribution in [0.4, 0.5) is 5.82 Å². The molecule has 1 saturated carbocycles. The third-order valence-electron chi connectivity index (χ3n) is 4.60. The predicted octanol–water partition coefficient (Wildman–Crippen LogP) is 2.55. The molecule has 27 heavy (non-hydrogen) atoms. The predicted molar refractivity (Wildman–Crippen MR) is 103 cm³/mol. The Balaban J connectivity index is 1.77. The summed E-state index contributed by atoms with van der Waals surface area (Å²) in [5.41, 5.74) is 0.245. The van der Waals surface area contributed by atoms with Crippen LogP contribution in [0.25, 0.3) is 0 Å². The van der Waals surface area contributed by atoms with Gasteiger partial charge in [0.05, 0.1) is 23.7 Å². The quantitative estimate of drug-likeness (QED) is 0.746. The third-order valence-corrected chi connectivity index (χ3v) is 6.00. The van der Waals surface area contributed by atoms with Gasteiger partial charge in [-0.2, -0.15) is 9.82 Å². The number of anilines is 1. The summed E-state index contributed by atoms with van der Waals surface area (Å²) < 4.78 is 28.5. The number of terminal acetylenes is 1. The van der Waals surface area contributed by atoms with Gasteiger partial charge in [0.15, 0.2) is 0 Å². The van der Waals surface area contributed by atoms with Crippen molar-refractivity contribution >= 4 is 21.7 Å². The average molecular weight is 386 g/mol. The van der Waals surface area contributed by atoms with Crippen LogP contribution < -0.4 is 10.0 Å². The van der Waals surface area contributed by atoms with Gasteiger partial charge >= 0.3 is 0 Å². The van der Waals surface area contributed by atoms with Crippen molar-refractivity contribution in [2.24, 2.45) is 0 Å². The molecule has 3 rings (SSSR count). The molecule has 1 fully saturated rings. The van der Waals surface area contributed by atoms with E-state index in [1.54, 1.807) is 18.3 Å². The molecule has 142 valence electrons. The number of rotatable bonds is 6. The molecule has 1 amide bonds. The number of nitrogens with one attached hydrogen (secondary N) is 2. The van der Waals surface area contributed by atoms with Gasteiger partial charge in [0.25, 0.3) is 5.91 Å². The summed E-state index contributed by atoms with van der Waals surface area (Å²) in [7, 11) is -3.76. The van der Waals surface area contributed by atoms with E-state index >= 15 is 0 Å². The average Bonchev–Trinajstić information content (AvgIpc) is 3.15. The molecule has 0 bridgehead atoms. The van der Waals surface area contributed by atoms with E-state index in [1.807, 2.05) is 4.68 Å². The first kappa shape index (κ1) is 19.1. The maximum atomic E-state index is 12.6. The van der Waals surface area contributed by atoms with E-state index < -0.39 is 10.0 Å². The summed E-state index contributed by atoms with van der Waals surface area (Å²) in [6.45, 7) is -0.112. The monoisotopic (exact) mass is 386 g/mol. The Labute approximate surface area is 159 Å². The highest BCUT2D eigenvalue weighted by Gasteiger charge is 2.20. The van der Waals surface area contributed by atoms with E-state index in [-0.39, 0.29) is 29.0 Å². The van der Waals surface area contributed by atoms with Crippen LogP contribution in [0.3, 0.4) is 0 Å². The number of nitrogens with zero attached hydrogens (tertiary/aromatic N) is 2. The summed E-state index contributed by atoms with van der Waals surface area (Å²) >= 11 is 0. The molecule has 7 nitrogen and oxygen atoms in total. The maximum absolute atomic E-state index is 12.6. The molecule has 1 aromatic heterocycles. The first-order valence-electron chi connectivity index (χ1n) is 8.89. The fraction of sp³-hybridized carbons (Fsp3) is 0.368. The second kappa shape index (κ2) is 8.37. The largest absolute Gasteiger partial charge is 0.307 e. The van der Waals surface area contributed by atoms with Crippen molar-refractivity contribution in [3.05, 3.63) is 42.1 Å². The van der Waals surface area contributed by atoms with Crippen LogP contribution in [-0.4, -0.2) is 30.7 Å². The molecule has 1 aliphatic rings. The van der Waals surface area contributed by atoms with Crippen LogP contribution >= 0.6 is 0 Å². The molecule has 0 aliphatic heterocycles. The van der Waals surface area contributed by atoms with Gasteiger partial charge in [0, 0.05) is 11.6 Å². The number of aromatic nitrogens is 2. The molecular formula is C19H22N4O3S. The van der Waals surface area contributed by atoms with Crippen molar-refractivity contribution in [2.75, 3.05) is 11.9 Å². The molecule has 1 aliphatic carbocycles. The molecule has 0 atom stereocenters. The fourth-order valence-corrected chi connectivity index (χ4v) is 4.22. The van der Waals surface area contributed by atoms with Gasteiger partial charge in [0.1, 0.15) is 5.82 Å². The van der Waals surface area contributed by atoms with Crippen molar-refractivity contribution < 1.29 is 13.2 Å². The molecule has 1 aromatic carbocycles. The Morgan fingerprint density at radius 3 is 2.78 bits per heavy atom. The maximum Gasteiger partial charge on any atom is 0.256 e. The molecule has 1 heterocycles. The van der Waals surface area contributed by atoms with Gasteiger partial charge in [-0.25, -0.2) is 13.1 Å². The van der Waals surface area contributed by atoms with E-state index in [4.69, 9.17) is 6.42 Å². The van der Waals surface area contributed by atoms with E-state index in [9.17, 15) is 13.2 Å². The van der Waals surface area contributed by atoms with Gasteiger partial charge < -0.3 is 5.32 Å². The number of sulfonamides is 1. The Morgan fingerprint density at radius 1 is 1.26 bits per heavy atom. The molecule has 8 heteroatoms. The highest BCUT2D eigenvalue weighted by molar-refractivity contribution is 7.89. The van der Waals surface area contributed by atoms with Crippen molar-refractivity contribution in [1.29, 1.82) is 0 Å². The molecule has 2 N–H and O–H groups in total. The van der Waals surface area contributed by atoms with Crippen LogP contribution in [0.1, 0.15) is 48.5 Å². The summed E-state index contributed by atoms with van der Waals surface area (Å²) in [6, 6.07) is 7.87.